The van der Waals surface area contributed by atoms with E-state index in [0.29, 0.717) is 48.5 Å². The number of benzene rings is 1. The largest absolute Gasteiger partial charge is 0.353 e. The van der Waals surface area contributed by atoms with Gasteiger partial charge in [0.25, 0.3) is 5.91 Å². The van der Waals surface area contributed by atoms with Crippen LogP contribution in [-0.4, -0.2) is 53.4 Å². The topological polar surface area (TPSA) is 78.4 Å². The van der Waals surface area contributed by atoms with E-state index >= 15 is 0 Å². The fraction of sp³-hybridized carbons (Fsp3) is 0.294. The van der Waals surface area contributed by atoms with Crippen molar-refractivity contribution in [3.8, 4) is 0 Å². The summed E-state index contributed by atoms with van der Waals surface area (Å²) in [5, 5.41) is 3.36. The molecule has 0 radical (unpaired) electrons. The van der Waals surface area contributed by atoms with Crippen LogP contribution >= 0.6 is 23.2 Å². The molecule has 26 heavy (non-hydrogen) atoms. The lowest BCUT2D eigenvalue weighted by Gasteiger charge is -2.33. The van der Waals surface area contributed by atoms with Crippen LogP contribution < -0.4 is 10.2 Å². The standard InChI is InChI=1S/C17H17Cl2N5O2/c1-11-20-14(17(26)22-13-4-2-3-12(18)16(13)19)9-15(21-11)24-7-5-23(10-25)6-8-24/h2-4,9-10H,5-8H2,1H3,(H,22,26). The Morgan fingerprint density at radius 2 is 1.92 bits per heavy atom. The Labute approximate surface area is 160 Å². The smallest absolute Gasteiger partial charge is 0.274 e. The van der Waals surface area contributed by atoms with Crippen LogP contribution in [0.5, 0.6) is 0 Å². The molecule has 3 rings (SSSR count). The van der Waals surface area contributed by atoms with Gasteiger partial charge in [-0.15, -0.1) is 0 Å². The summed E-state index contributed by atoms with van der Waals surface area (Å²) >= 11 is 12.1. The Morgan fingerprint density at radius 1 is 1.19 bits per heavy atom. The van der Waals surface area contributed by atoms with Crippen molar-refractivity contribution in [3.63, 3.8) is 0 Å². The van der Waals surface area contributed by atoms with Crippen LogP contribution in [0.1, 0.15) is 16.3 Å². The third-order valence-electron chi connectivity index (χ3n) is 4.04. The number of piperazine rings is 1. The molecule has 1 saturated heterocycles. The number of amides is 2. The normalized spacial score (nSPS) is 14.3. The second-order valence-corrected chi connectivity index (χ2v) is 6.63. The van der Waals surface area contributed by atoms with E-state index in [-0.39, 0.29) is 10.7 Å². The molecule has 1 aliphatic rings. The number of carbonyl (C=O) groups excluding carboxylic acids is 2. The lowest BCUT2D eigenvalue weighted by atomic mass is 10.2. The van der Waals surface area contributed by atoms with Gasteiger partial charge in [-0.2, -0.15) is 0 Å². The molecule has 0 spiro atoms. The molecule has 0 saturated carbocycles. The number of aromatic nitrogens is 2. The summed E-state index contributed by atoms with van der Waals surface area (Å²) in [5.41, 5.74) is 0.655. The first kappa shape index (κ1) is 18.4. The molecule has 0 atom stereocenters. The molecule has 9 heteroatoms. The van der Waals surface area contributed by atoms with Gasteiger partial charge in [0.2, 0.25) is 6.41 Å². The van der Waals surface area contributed by atoms with Crippen LogP contribution in [0.4, 0.5) is 11.5 Å². The van der Waals surface area contributed by atoms with Crippen molar-refractivity contribution >= 4 is 47.0 Å². The van der Waals surface area contributed by atoms with Gasteiger partial charge in [0.1, 0.15) is 17.3 Å². The molecule has 1 aromatic carbocycles. The molecule has 0 unspecified atom stereocenters. The molecule has 7 nitrogen and oxygen atoms in total. The molecular weight excluding hydrogens is 377 g/mol. The summed E-state index contributed by atoms with van der Waals surface area (Å²) in [7, 11) is 0. The number of carbonyl (C=O) groups is 2. The van der Waals surface area contributed by atoms with Gasteiger partial charge in [0.05, 0.1) is 15.7 Å². The number of nitrogens with one attached hydrogen (secondary N) is 1. The number of aryl methyl sites for hydroxylation is 1. The summed E-state index contributed by atoms with van der Waals surface area (Å²) in [6.45, 7) is 4.26. The average molecular weight is 394 g/mol. The van der Waals surface area contributed by atoms with Crippen molar-refractivity contribution in [2.24, 2.45) is 0 Å². The van der Waals surface area contributed by atoms with Crippen molar-refractivity contribution in [2.75, 3.05) is 36.4 Å². The number of anilines is 2. The fourth-order valence-electron chi connectivity index (χ4n) is 2.67. The molecule has 1 aliphatic heterocycles. The maximum Gasteiger partial charge on any atom is 0.274 e. The van der Waals surface area contributed by atoms with Crippen molar-refractivity contribution in [1.82, 2.24) is 14.9 Å². The fourth-order valence-corrected chi connectivity index (χ4v) is 3.02. The van der Waals surface area contributed by atoms with E-state index in [0.717, 1.165) is 6.41 Å². The van der Waals surface area contributed by atoms with E-state index in [9.17, 15) is 9.59 Å². The van der Waals surface area contributed by atoms with E-state index in [1.54, 1.807) is 36.1 Å². The minimum absolute atomic E-state index is 0.237. The molecular formula is C17H17Cl2N5O2. The third kappa shape index (κ3) is 4.05. The number of nitrogens with zero attached hydrogens (tertiary/aromatic N) is 4. The van der Waals surface area contributed by atoms with Crippen LogP contribution in [-0.2, 0) is 4.79 Å². The molecule has 136 valence electrons. The van der Waals surface area contributed by atoms with Crippen LogP contribution in [0.15, 0.2) is 24.3 Å². The molecule has 2 heterocycles. The quantitative estimate of drug-likeness (QED) is 0.807. The SMILES string of the molecule is Cc1nc(C(=O)Nc2cccc(Cl)c2Cl)cc(N2CCN(C=O)CC2)n1. The summed E-state index contributed by atoms with van der Waals surface area (Å²) in [4.78, 5) is 35.8. The first-order valence-corrected chi connectivity index (χ1v) is 8.79. The first-order valence-electron chi connectivity index (χ1n) is 8.03. The van der Waals surface area contributed by atoms with E-state index in [1.165, 1.54) is 0 Å². The summed E-state index contributed by atoms with van der Waals surface area (Å²) < 4.78 is 0. The maximum atomic E-state index is 12.6. The molecule has 2 amide bonds. The Balaban J connectivity index is 1.80. The minimum Gasteiger partial charge on any atom is -0.353 e. The predicted octanol–water partition coefficient (Wildman–Crippen LogP) is 2.62. The highest BCUT2D eigenvalue weighted by Crippen LogP contribution is 2.29. The highest BCUT2D eigenvalue weighted by Gasteiger charge is 2.20. The summed E-state index contributed by atoms with van der Waals surface area (Å²) in [6, 6.07) is 6.65. The van der Waals surface area contributed by atoms with Crippen molar-refractivity contribution in [2.45, 2.75) is 6.92 Å². The lowest BCUT2D eigenvalue weighted by molar-refractivity contribution is -0.118. The second kappa shape index (κ2) is 7.88. The number of rotatable bonds is 4. The lowest BCUT2D eigenvalue weighted by Crippen LogP contribution is -2.46. The Hall–Kier alpha value is -2.38. The first-order chi connectivity index (χ1) is 12.5. The highest BCUT2D eigenvalue weighted by atomic mass is 35.5. The summed E-state index contributed by atoms with van der Waals surface area (Å²) in [5.74, 6) is 0.750. The molecule has 0 bridgehead atoms. The van der Waals surface area contributed by atoms with Gasteiger partial charge < -0.3 is 15.1 Å². The third-order valence-corrected chi connectivity index (χ3v) is 4.86. The molecule has 1 fully saturated rings. The van der Waals surface area contributed by atoms with Crippen molar-refractivity contribution < 1.29 is 9.59 Å². The Kier molecular flexibility index (Phi) is 5.58. The number of hydrogen-bond acceptors (Lipinski definition) is 5. The molecule has 0 aliphatic carbocycles. The molecule has 1 N–H and O–H groups in total. The van der Waals surface area contributed by atoms with Gasteiger partial charge >= 0.3 is 0 Å². The van der Waals surface area contributed by atoms with E-state index in [1.807, 2.05) is 4.90 Å². The predicted molar refractivity (Wildman–Crippen MR) is 101 cm³/mol. The maximum absolute atomic E-state index is 12.6. The van der Waals surface area contributed by atoms with Gasteiger partial charge in [-0.05, 0) is 19.1 Å². The van der Waals surface area contributed by atoms with Gasteiger partial charge in [-0.25, -0.2) is 9.97 Å². The number of hydrogen-bond donors (Lipinski definition) is 1. The van der Waals surface area contributed by atoms with Crippen molar-refractivity contribution in [1.29, 1.82) is 0 Å². The zero-order valence-electron chi connectivity index (χ0n) is 14.1. The summed E-state index contributed by atoms with van der Waals surface area (Å²) in [6.07, 6.45) is 0.843. The van der Waals surface area contributed by atoms with E-state index < -0.39 is 5.91 Å². The monoisotopic (exact) mass is 393 g/mol. The second-order valence-electron chi connectivity index (χ2n) is 5.84. The van der Waals surface area contributed by atoms with Crippen LogP contribution in [0.25, 0.3) is 0 Å². The molecule has 2 aromatic rings. The number of halogens is 2. The zero-order valence-corrected chi connectivity index (χ0v) is 15.6. The van der Waals surface area contributed by atoms with Crippen LogP contribution in [0, 0.1) is 6.92 Å². The van der Waals surface area contributed by atoms with Gasteiger partial charge in [-0.1, -0.05) is 29.3 Å². The Bertz CT molecular complexity index is 838. The van der Waals surface area contributed by atoms with E-state index in [4.69, 9.17) is 23.2 Å². The Morgan fingerprint density at radius 3 is 2.62 bits per heavy atom. The zero-order chi connectivity index (χ0) is 18.7. The minimum atomic E-state index is -0.396. The van der Waals surface area contributed by atoms with Gasteiger partial charge in [-0.3, -0.25) is 9.59 Å². The average Bonchev–Trinajstić information content (AvgIpc) is 2.65. The van der Waals surface area contributed by atoms with Crippen LogP contribution in [0.3, 0.4) is 0 Å². The van der Waals surface area contributed by atoms with E-state index in [2.05, 4.69) is 15.3 Å². The van der Waals surface area contributed by atoms with Gasteiger partial charge in [0.15, 0.2) is 0 Å². The van der Waals surface area contributed by atoms with Crippen molar-refractivity contribution in [3.05, 3.63) is 45.8 Å². The highest BCUT2D eigenvalue weighted by molar-refractivity contribution is 6.44. The molecule has 1 aromatic heterocycles. The van der Waals surface area contributed by atoms with Gasteiger partial charge in [0, 0.05) is 32.2 Å². The van der Waals surface area contributed by atoms with Crippen LogP contribution in [0.2, 0.25) is 10.0 Å².